The van der Waals surface area contributed by atoms with E-state index in [4.69, 9.17) is 0 Å². The van der Waals surface area contributed by atoms with E-state index >= 15 is 0 Å². The monoisotopic (exact) mass is 285 g/mol. The van der Waals surface area contributed by atoms with E-state index in [-0.39, 0.29) is 0 Å². The summed E-state index contributed by atoms with van der Waals surface area (Å²) >= 11 is 0. The molecule has 0 aliphatic rings. The third-order valence-corrected chi connectivity index (χ3v) is 5.32. The summed E-state index contributed by atoms with van der Waals surface area (Å²) in [5, 5.41) is 2.66. The highest BCUT2D eigenvalue weighted by Gasteiger charge is 2.24. The molecule has 1 atom stereocenters. The molecule has 1 aromatic heterocycles. The summed E-state index contributed by atoms with van der Waals surface area (Å²) in [6.07, 6.45) is 4.14. The molecule has 5 nitrogen and oxygen atoms in total. The molecule has 1 unspecified atom stereocenters. The fraction of sp³-hybridized carbons (Fsp3) is 0.615. The lowest BCUT2D eigenvalue weighted by Gasteiger charge is -2.22. The van der Waals surface area contributed by atoms with Crippen molar-refractivity contribution in [3.8, 4) is 0 Å². The van der Waals surface area contributed by atoms with Crippen LogP contribution >= 0.6 is 0 Å². The maximum Gasteiger partial charge on any atom is 0.217 e. The van der Waals surface area contributed by atoms with Gasteiger partial charge in [0.15, 0.2) is 0 Å². The molecule has 0 spiro atoms. The number of hydrogen-bond donors (Lipinski definition) is 1. The SMILES string of the molecule is CCNCC(C)S(=O)(=O)N(C)CCc1ccncc1. The molecule has 0 aliphatic carbocycles. The van der Waals surface area contributed by atoms with Gasteiger partial charge in [-0.15, -0.1) is 0 Å². The second-order valence-corrected chi connectivity index (χ2v) is 7.05. The van der Waals surface area contributed by atoms with E-state index in [2.05, 4.69) is 10.3 Å². The summed E-state index contributed by atoms with van der Waals surface area (Å²) < 4.78 is 25.9. The van der Waals surface area contributed by atoms with Gasteiger partial charge in [0, 0.05) is 32.5 Å². The second-order valence-electron chi connectivity index (χ2n) is 4.59. The molecule has 108 valence electrons. The summed E-state index contributed by atoms with van der Waals surface area (Å²) in [7, 11) is -1.59. The zero-order valence-electron chi connectivity index (χ0n) is 11.8. The number of pyridine rings is 1. The standard InChI is InChI=1S/C13H23N3O2S/c1-4-14-11-12(2)19(17,18)16(3)10-7-13-5-8-15-9-6-13/h5-6,8-9,12,14H,4,7,10-11H2,1-3H3. The summed E-state index contributed by atoms with van der Waals surface area (Å²) in [6.45, 7) is 5.45. The Morgan fingerprint density at radius 2 is 2.00 bits per heavy atom. The van der Waals surface area contributed by atoms with E-state index in [1.54, 1.807) is 26.4 Å². The fourth-order valence-corrected chi connectivity index (χ4v) is 3.01. The predicted molar refractivity (Wildman–Crippen MR) is 77.5 cm³/mol. The molecular weight excluding hydrogens is 262 g/mol. The van der Waals surface area contributed by atoms with Crippen LogP contribution in [0.2, 0.25) is 0 Å². The Balaban J connectivity index is 2.54. The van der Waals surface area contributed by atoms with Crippen LogP contribution in [0.3, 0.4) is 0 Å². The van der Waals surface area contributed by atoms with Gasteiger partial charge in [-0.2, -0.15) is 0 Å². The van der Waals surface area contributed by atoms with Gasteiger partial charge < -0.3 is 5.32 Å². The van der Waals surface area contributed by atoms with Gasteiger partial charge in [0.2, 0.25) is 10.0 Å². The van der Waals surface area contributed by atoms with Crippen molar-refractivity contribution in [2.24, 2.45) is 0 Å². The molecule has 0 fully saturated rings. The number of likely N-dealkylation sites (N-methyl/N-ethyl adjacent to an activating group) is 1. The smallest absolute Gasteiger partial charge is 0.217 e. The Morgan fingerprint density at radius 1 is 1.37 bits per heavy atom. The van der Waals surface area contributed by atoms with E-state index < -0.39 is 15.3 Å². The lowest BCUT2D eigenvalue weighted by molar-refractivity contribution is 0.460. The minimum Gasteiger partial charge on any atom is -0.316 e. The summed E-state index contributed by atoms with van der Waals surface area (Å²) in [5.74, 6) is 0. The minimum atomic E-state index is -3.23. The van der Waals surface area contributed by atoms with Crippen molar-refractivity contribution < 1.29 is 8.42 Å². The van der Waals surface area contributed by atoms with Crippen LogP contribution in [-0.2, 0) is 16.4 Å². The number of nitrogens with one attached hydrogen (secondary N) is 1. The molecule has 19 heavy (non-hydrogen) atoms. The van der Waals surface area contributed by atoms with Crippen molar-refractivity contribution in [1.29, 1.82) is 0 Å². The Bertz CT molecular complexity index is 462. The lowest BCUT2D eigenvalue weighted by atomic mass is 10.2. The van der Waals surface area contributed by atoms with Gasteiger partial charge >= 0.3 is 0 Å². The molecule has 1 heterocycles. The summed E-state index contributed by atoms with van der Waals surface area (Å²) in [4.78, 5) is 3.94. The first-order valence-electron chi connectivity index (χ1n) is 6.53. The number of rotatable bonds is 8. The number of nitrogens with zero attached hydrogens (tertiary/aromatic N) is 2. The zero-order chi connectivity index (χ0) is 14.3. The Hall–Kier alpha value is -0.980. The van der Waals surface area contributed by atoms with Crippen LogP contribution in [0.25, 0.3) is 0 Å². The normalized spacial score (nSPS) is 13.7. The van der Waals surface area contributed by atoms with Gasteiger partial charge in [0.25, 0.3) is 0 Å². The highest BCUT2D eigenvalue weighted by molar-refractivity contribution is 7.89. The zero-order valence-corrected chi connectivity index (χ0v) is 12.7. The first kappa shape index (κ1) is 16.1. The second kappa shape index (κ2) is 7.57. The summed E-state index contributed by atoms with van der Waals surface area (Å²) in [5.41, 5.74) is 1.09. The average molecular weight is 285 g/mol. The van der Waals surface area contributed by atoms with Crippen molar-refractivity contribution >= 4 is 10.0 Å². The van der Waals surface area contributed by atoms with E-state index in [9.17, 15) is 8.42 Å². The molecule has 0 saturated carbocycles. The molecule has 0 bridgehead atoms. The van der Waals surface area contributed by atoms with Crippen LogP contribution in [0.1, 0.15) is 19.4 Å². The first-order valence-corrected chi connectivity index (χ1v) is 8.03. The van der Waals surface area contributed by atoms with E-state index in [0.717, 1.165) is 12.1 Å². The molecular formula is C13H23N3O2S. The molecule has 0 saturated heterocycles. The minimum absolute atomic E-state index is 0.408. The van der Waals surface area contributed by atoms with Crippen molar-refractivity contribution in [3.05, 3.63) is 30.1 Å². The third-order valence-electron chi connectivity index (χ3n) is 3.09. The molecule has 0 aliphatic heterocycles. The van der Waals surface area contributed by atoms with Crippen LogP contribution in [0.4, 0.5) is 0 Å². The largest absolute Gasteiger partial charge is 0.316 e. The molecule has 6 heteroatoms. The third kappa shape index (κ3) is 4.89. The lowest BCUT2D eigenvalue weighted by Crippen LogP contribution is -2.40. The molecule has 0 radical (unpaired) electrons. The maximum absolute atomic E-state index is 12.2. The van der Waals surface area contributed by atoms with Gasteiger partial charge in [-0.3, -0.25) is 4.98 Å². The molecule has 0 aromatic carbocycles. The van der Waals surface area contributed by atoms with Crippen molar-refractivity contribution in [2.75, 3.05) is 26.7 Å². The highest BCUT2D eigenvalue weighted by atomic mass is 32.2. The van der Waals surface area contributed by atoms with Gasteiger partial charge in [0.1, 0.15) is 0 Å². The number of hydrogen-bond acceptors (Lipinski definition) is 4. The summed E-state index contributed by atoms with van der Waals surface area (Å²) in [6, 6.07) is 3.81. The average Bonchev–Trinajstić information content (AvgIpc) is 2.42. The van der Waals surface area contributed by atoms with Gasteiger partial charge in [-0.1, -0.05) is 6.92 Å². The van der Waals surface area contributed by atoms with Crippen LogP contribution < -0.4 is 5.32 Å². The Labute approximate surface area is 116 Å². The van der Waals surface area contributed by atoms with Crippen LogP contribution in [0.5, 0.6) is 0 Å². The van der Waals surface area contributed by atoms with Crippen molar-refractivity contribution in [2.45, 2.75) is 25.5 Å². The van der Waals surface area contributed by atoms with Crippen molar-refractivity contribution in [3.63, 3.8) is 0 Å². The van der Waals surface area contributed by atoms with E-state index in [1.165, 1.54) is 4.31 Å². The maximum atomic E-state index is 12.2. The number of aromatic nitrogens is 1. The van der Waals surface area contributed by atoms with Gasteiger partial charge in [0.05, 0.1) is 5.25 Å². The van der Waals surface area contributed by atoms with Crippen LogP contribution in [-0.4, -0.2) is 49.6 Å². The first-order chi connectivity index (χ1) is 8.98. The highest BCUT2D eigenvalue weighted by Crippen LogP contribution is 2.08. The Kier molecular flexibility index (Phi) is 6.41. The predicted octanol–water partition coefficient (Wildman–Crippen LogP) is 0.884. The van der Waals surface area contributed by atoms with Gasteiger partial charge in [-0.25, -0.2) is 12.7 Å². The van der Waals surface area contributed by atoms with E-state index in [1.807, 2.05) is 19.1 Å². The Morgan fingerprint density at radius 3 is 2.58 bits per heavy atom. The number of sulfonamides is 1. The molecule has 1 rings (SSSR count). The molecule has 0 amide bonds. The molecule has 1 aromatic rings. The van der Waals surface area contributed by atoms with Crippen molar-refractivity contribution in [1.82, 2.24) is 14.6 Å². The topological polar surface area (TPSA) is 62.3 Å². The molecule has 1 N–H and O–H groups in total. The fourth-order valence-electron chi connectivity index (χ4n) is 1.72. The van der Waals surface area contributed by atoms with Gasteiger partial charge in [-0.05, 0) is 37.6 Å². The van der Waals surface area contributed by atoms with Crippen LogP contribution in [0.15, 0.2) is 24.5 Å². The van der Waals surface area contributed by atoms with Crippen LogP contribution in [0, 0.1) is 0 Å². The quantitative estimate of drug-likeness (QED) is 0.770. The van der Waals surface area contributed by atoms with E-state index in [0.29, 0.717) is 19.5 Å².